The molecule has 0 spiro atoms. The normalized spacial score (nSPS) is 13.4. The van der Waals surface area contributed by atoms with Gasteiger partial charge in [0.05, 0.1) is 21.2 Å². The summed E-state index contributed by atoms with van der Waals surface area (Å²) in [5, 5.41) is 0.770. The molecule has 0 radical (unpaired) electrons. The summed E-state index contributed by atoms with van der Waals surface area (Å²) >= 11 is 7.26. The molecular weight excluding hydrogens is 354 g/mol. The van der Waals surface area contributed by atoms with Crippen molar-refractivity contribution in [2.24, 2.45) is 4.36 Å². The Kier molecular flexibility index (Phi) is 5.78. The highest BCUT2D eigenvalue weighted by atomic mass is 35.5. The van der Waals surface area contributed by atoms with Crippen LogP contribution in [0.5, 0.6) is 0 Å². The van der Waals surface area contributed by atoms with Crippen molar-refractivity contribution in [2.75, 3.05) is 12.5 Å². The monoisotopic (exact) mass is 369 g/mol. The van der Waals surface area contributed by atoms with Gasteiger partial charge in [-0.25, -0.2) is 14.2 Å². The van der Waals surface area contributed by atoms with E-state index in [-0.39, 0.29) is 10.9 Å². The molecule has 23 heavy (non-hydrogen) atoms. The quantitative estimate of drug-likeness (QED) is 0.467. The molecule has 0 fully saturated rings. The van der Waals surface area contributed by atoms with Crippen LogP contribution < -0.4 is 0 Å². The Morgan fingerprint density at radius 2 is 1.96 bits per heavy atom. The number of carbonyl (C=O) groups excluding carboxylic acids is 1. The molecule has 0 N–H and O–H groups in total. The first-order valence-corrected chi connectivity index (χ1v) is 10.4. The Bertz CT molecular complexity index is 844. The predicted molar refractivity (Wildman–Crippen MR) is 94.5 cm³/mol. The van der Waals surface area contributed by atoms with Crippen molar-refractivity contribution in [3.05, 3.63) is 52.3 Å². The van der Waals surface area contributed by atoms with Crippen molar-refractivity contribution in [1.82, 2.24) is 9.97 Å². The zero-order valence-electron chi connectivity index (χ0n) is 12.9. The van der Waals surface area contributed by atoms with Crippen LogP contribution in [0.1, 0.15) is 21.6 Å². The van der Waals surface area contributed by atoms with Gasteiger partial charge >= 0.3 is 0 Å². The fourth-order valence-electron chi connectivity index (χ4n) is 1.84. The van der Waals surface area contributed by atoms with Crippen LogP contribution in [0.25, 0.3) is 0 Å². The lowest BCUT2D eigenvalue weighted by molar-refractivity contribution is 0.100. The molecule has 0 aliphatic heterocycles. The van der Waals surface area contributed by atoms with Crippen LogP contribution >= 0.6 is 23.4 Å². The molecule has 0 aliphatic carbocycles. The van der Waals surface area contributed by atoms with Gasteiger partial charge in [-0.3, -0.25) is 4.79 Å². The highest BCUT2D eigenvalue weighted by Gasteiger charge is 2.12. The second-order valence-electron chi connectivity index (χ2n) is 5.03. The summed E-state index contributed by atoms with van der Waals surface area (Å²) in [7, 11) is -2.77. The zero-order valence-corrected chi connectivity index (χ0v) is 15.3. The number of rotatable bonds is 4. The van der Waals surface area contributed by atoms with Gasteiger partial charge in [0.1, 0.15) is 5.15 Å². The van der Waals surface area contributed by atoms with E-state index in [1.807, 2.05) is 25.3 Å². The van der Waals surface area contributed by atoms with Gasteiger partial charge in [0.15, 0.2) is 5.16 Å². The van der Waals surface area contributed by atoms with Gasteiger partial charge in [-0.1, -0.05) is 41.1 Å². The molecule has 0 saturated carbocycles. The number of aromatic nitrogens is 2. The van der Waals surface area contributed by atoms with Crippen LogP contribution in [0.3, 0.4) is 0 Å². The molecule has 2 rings (SSSR count). The zero-order chi connectivity index (χ0) is 17.0. The minimum absolute atomic E-state index is 0.0421. The molecule has 1 aromatic carbocycles. The van der Waals surface area contributed by atoms with E-state index >= 15 is 0 Å². The van der Waals surface area contributed by atoms with Crippen LogP contribution in [0.15, 0.2) is 39.9 Å². The summed E-state index contributed by atoms with van der Waals surface area (Å²) in [6.07, 6.45) is 3.26. The number of aryl methyl sites for hydroxylation is 1. The van der Waals surface area contributed by atoms with Crippen LogP contribution in [-0.2, 0) is 15.5 Å². The Labute approximate surface area is 145 Å². The van der Waals surface area contributed by atoms with E-state index in [4.69, 9.17) is 11.6 Å². The second-order valence-corrected chi connectivity index (χ2v) is 8.59. The Morgan fingerprint density at radius 1 is 1.30 bits per heavy atom. The first-order chi connectivity index (χ1) is 10.8. The number of hydrogen-bond acceptors (Lipinski definition) is 5. The van der Waals surface area contributed by atoms with E-state index < -0.39 is 15.6 Å². The van der Waals surface area contributed by atoms with Gasteiger partial charge in [-0.05, 0) is 31.4 Å². The van der Waals surface area contributed by atoms with Crippen LogP contribution in [0.2, 0.25) is 5.15 Å². The van der Waals surface area contributed by atoms with Crippen LogP contribution in [0, 0.1) is 6.92 Å². The minimum Gasteiger partial charge on any atom is -0.266 e. The van der Waals surface area contributed by atoms with E-state index in [9.17, 15) is 9.00 Å². The fourth-order valence-corrected chi connectivity index (χ4v) is 3.71. The van der Waals surface area contributed by atoms with E-state index in [0.29, 0.717) is 16.4 Å². The maximum absolute atomic E-state index is 12.6. The number of thioether (sulfide) groups is 1. The SMILES string of the molecule is CSc1nc(Cl)cc(CS(C)(=O)=NC(=O)c2ccc(C)cc2)n1. The summed E-state index contributed by atoms with van der Waals surface area (Å²) in [6.45, 7) is 1.93. The number of nitrogens with zero attached hydrogens (tertiary/aromatic N) is 3. The van der Waals surface area contributed by atoms with Crippen molar-refractivity contribution in [3.63, 3.8) is 0 Å². The van der Waals surface area contributed by atoms with Crippen molar-refractivity contribution in [2.45, 2.75) is 17.8 Å². The molecule has 1 aromatic heterocycles. The maximum Gasteiger partial charge on any atom is 0.285 e. The van der Waals surface area contributed by atoms with E-state index in [2.05, 4.69) is 14.3 Å². The third-order valence-corrected chi connectivity index (χ3v) is 5.02. The van der Waals surface area contributed by atoms with Crippen LogP contribution in [-0.4, -0.2) is 32.6 Å². The molecule has 1 amide bonds. The average Bonchev–Trinajstić information content (AvgIpc) is 2.46. The Hall–Kier alpha value is -1.44. The van der Waals surface area contributed by atoms with Gasteiger partial charge < -0.3 is 0 Å². The van der Waals surface area contributed by atoms with E-state index in [1.165, 1.54) is 24.1 Å². The highest BCUT2D eigenvalue weighted by Crippen LogP contribution is 2.16. The molecule has 1 atom stereocenters. The summed E-state index contributed by atoms with van der Waals surface area (Å²) in [5.74, 6) is -0.455. The molecule has 0 aliphatic rings. The number of carbonyl (C=O) groups is 1. The summed E-state index contributed by atoms with van der Waals surface area (Å²) in [6, 6.07) is 8.51. The summed E-state index contributed by atoms with van der Waals surface area (Å²) in [4.78, 5) is 20.4. The van der Waals surface area contributed by atoms with Crippen molar-refractivity contribution < 1.29 is 9.00 Å². The van der Waals surface area contributed by atoms with E-state index in [1.54, 1.807) is 12.1 Å². The molecule has 0 bridgehead atoms. The van der Waals surface area contributed by atoms with Crippen molar-refractivity contribution in [3.8, 4) is 0 Å². The predicted octanol–water partition coefficient (Wildman–Crippen LogP) is 3.60. The topological polar surface area (TPSA) is 72.3 Å². The molecule has 1 heterocycles. The fraction of sp³-hybridized carbons (Fsp3) is 0.267. The van der Waals surface area contributed by atoms with Gasteiger partial charge in [0.2, 0.25) is 0 Å². The third kappa shape index (κ3) is 5.30. The number of hydrogen-bond donors (Lipinski definition) is 0. The van der Waals surface area contributed by atoms with Crippen LogP contribution in [0.4, 0.5) is 0 Å². The lowest BCUT2D eigenvalue weighted by Crippen LogP contribution is -2.08. The lowest BCUT2D eigenvalue weighted by Gasteiger charge is -2.05. The smallest absolute Gasteiger partial charge is 0.266 e. The molecule has 0 saturated heterocycles. The minimum atomic E-state index is -2.77. The summed E-state index contributed by atoms with van der Waals surface area (Å²) in [5.41, 5.74) is 1.96. The first kappa shape index (κ1) is 17.9. The van der Waals surface area contributed by atoms with E-state index in [0.717, 1.165) is 5.56 Å². The molecule has 1 unspecified atom stereocenters. The van der Waals surface area contributed by atoms with Crippen molar-refractivity contribution >= 4 is 39.0 Å². The molecule has 8 heteroatoms. The van der Waals surface area contributed by atoms with Gasteiger partial charge in [-0.15, -0.1) is 0 Å². The standard InChI is InChI=1S/C15H16ClN3O2S2/c1-10-4-6-11(7-5-10)14(20)19-23(3,21)9-12-8-13(16)18-15(17-12)22-2/h4-8H,9H2,1-3H3. The molecule has 122 valence electrons. The third-order valence-electron chi connectivity index (χ3n) is 2.90. The number of benzene rings is 1. The van der Waals surface area contributed by atoms with Crippen molar-refractivity contribution in [1.29, 1.82) is 0 Å². The lowest BCUT2D eigenvalue weighted by atomic mass is 10.1. The van der Waals surface area contributed by atoms with Gasteiger partial charge in [0, 0.05) is 11.8 Å². The number of amides is 1. The Balaban J connectivity index is 2.27. The highest BCUT2D eigenvalue weighted by molar-refractivity contribution is 7.98. The molecule has 2 aromatic rings. The average molecular weight is 370 g/mol. The summed E-state index contributed by atoms with van der Waals surface area (Å²) < 4.78 is 16.5. The molecular formula is C15H16ClN3O2S2. The number of halogens is 1. The second kappa shape index (κ2) is 7.42. The van der Waals surface area contributed by atoms with Gasteiger partial charge in [-0.2, -0.15) is 4.36 Å². The Morgan fingerprint density at radius 3 is 2.57 bits per heavy atom. The maximum atomic E-state index is 12.6. The largest absolute Gasteiger partial charge is 0.285 e. The molecule has 5 nitrogen and oxygen atoms in total. The van der Waals surface area contributed by atoms with Gasteiger partial charge in [0.25, 0.3) is 5.91 Å². The first-order valence-electron chi connectivity index (χ1n) is 6.67.